The van der Waals surface area contributed by atoms with E-state index in [1.807, 2.05) is 0 Å². The van der Waals surface area contributed by atoms with Crippen LogP contribution in [0.25, 0.3) is 0 Å². The summed E-state index contributed by atoms with van der Waals surface area (Å²) in [5.41, 5.74) is 0.689. The van der Waals surface area contributed by atoms with Crippen LogP contribution in [0.4, 0.5) is 0 Å². The van der Waals surface area contributed by atoms with Crippen molar-refractivity contribution in [2.75, 3.05) is 13.6 Å². The van der Waals surface area contributed by atoms with E-state index in [4.69, 9.17) is 11.6 Å². The number of hydrogen-bond donors (Lipinski definition) is 0. The maximum absolute atomic E-state index is 11.5. The lowest BCUT2D eigenvalue weighted by Crippen LogP contribution is -2.19. The number of carbonyl (C=O) groups excluding carboxylic acids is 1. The summed E-state index contributed by atoms with van der Waals surface area (Å²) in [6, 6.07) is 0. The second kappa shape index (κ2) is 3.31. The largest absolute Gasteiger partial charge is 0.341 e. The summed E-state index contributed by atoms with van der Waals surface area (Å²) in [5, 5.41) is 0.578. The third-order valence-corrected chi connectivity index (χ3v) is 2.28. The molecular weight excluding hydrogens is 174 g/mol. The van der Waals surface area contributed by atoms with Crippen LogP contribution in [-0.2, 0) is 4.79 Å². The molecule has 0 aliphatic carbocycles. The molecule has 1 aliphatic heterocycles. The molecule has 1 fully saturated rings. The van der Waals surface area contributed by atoms with E-state index in [0.717, 1.165) is 0 Å². The molecule has 1 aliphatic rings. The highest BCUT2D eigenvalue weighted by Crippen LogP contribution is 2.27. The fraction of sp³-hybridized carbons (Fsp3) is 0.444. The van der Waals surface area contributed by atoms with E-state index in [-0.39, 0.29) is 11.8 Å². The van der Waals surface area contributed by atoms with E-state index in [0.29, 0.717) is 17.2 Å². The van der Waals surface area contributed by atoms with Crippen LogP contribution in [0.15, 0.2) is 23.3 Å². The quantitative estimate of drug-likeness (QED) is 0.451. The Hall–Kier alpha value is -0.760. The highest BCUT2D eigenvalue weighted by molar-refractivity contribution is 6.31. The number of rotatable bonds is 1. The molecule has 0 saturated carbocycles. The first-order valence-corrected chi connectivity index (χ1v) is 4.20. The number of amides is 1. The molecule has 2 nitrogen and oxygen atoms in total. The molecular formula is C9H12ClNO. The first-order valence-electron chi connectivity index (χ1n) is 3.82. The molecule has 0 aromatic carbocycles. The summed E-state index contributed by atoms with van der Waals surface area (Å²) in [7, 11) is 1.77. The fourth-order valence-corrected chi connectivity index (χ4v) is 1.65. The van der Waals surface area contributed by atoms with E-state index in [1.54, 1.807) is 24.9 Å². The third kappa shape index (κ3) is 1.39. The van der Waals surface area contributed by atoms with Gasteiger partial charge < -0.3 is 4.90 Å². The van der Waals surface area contributed by atoms with E-state index in [2.05, 4.69) is 6.58 Å². The molecule has 1 rings (SSSR count). The summed E-state index contributed by atoms with van der Waals surface area (Å²) in [5.74, 6) is 0.118. The van der Waals surface area contributed by atoms with Gasteiger partial charge in [-0.1, -0.05) is 17.7 Å². The van der Waals surface area contributed by atoms with Crippen molar-refractivity contribution in [2.24, 2.45) is 5.92 Å². The molecule has 0 bridgehead atoms. The van der Waals surface area contributed by atoms with Crippen LogP contribution >= 0.6 is 11.6 Å². The van der Waals surface area contributed by atoms with Crippen molar-refractivity contribution >= 4 is 17.5 Å². The molecule has 0 radical (unpaired) electrons. The molecule has 0 aromatic rings. The zero-order chi connectivity index (χ0) is 9.30. The Morgan fingerprint density at radius 1 is 1.83 bits per heavy atom. The standard InChI is InChI=1S/C9H12ClNO/c1-4-7-5-11(3)9(12)8(7)6(2)10/h4,7H,1,5H2,2-3H3/b8-6+/t7-/m0/s1. The van der Waals surface area contributed by atoms with Gasteiger partial charge in [0.1, 0.15) is 0 Å². The highest BCUT2D eigenvalue weighted by Gasteiger charge is 2.31. The number of halogens is 1. The first kappa shape index (κ1) is 9.33. The molecule has 0 N–H and O–H groups in total. The lowest BCUT2D eigenvalue weighted by Gasteiger charge is -2.04. The topological polar surface area (TPSA) is 20.3 Å². The summed E-state index contributed by atoms with van der Waals surface area (Å²) in [6.07, 6.45) is 1.77. The lowest BCUT2D eigenvalue weighted by atomic mass is 10.0. The number of likely N-dealkylation sites (tertiary alicyclic amines) is 1. The van der Waals surface area contributed by atoms with Crippen molar-refractivity contribution in [1.82, 2.24) is 4.90 Å². The van der Waals surface area contributed by atoms with Crippen molar-refractivity contribution in [3.63, 3.8) is 0 Å². The minimum atomic E-state index is 0.0207. The normalized spacial score (nSPS) is 27.8. The van der Waals surface area contributed by atoms with Gasteiger partial charge in [0.25, 0.3) is 5.91 Å². The maximum atomic E-state index is 11.5. The van der Waals surface area contributed by atoms with Gasteiger partial charge in [0.05, 0.1) is 0 Å². The minimum absolute atomic E-state index is 0.0207. The fourth-order valence-electron chi connectivity index (χ4n) is 1.43. The number of carbonyl (C=O) groups is 1. The van der Waals surface area contributed by atoms with E-state index in [9.17, 15) is 4.79 Å². The van der Waals surface area contributed by atoms with Crippen LogP contribution in [0.3, 0.4) is 0 Å². The predicted octanol–water partition coefficient (Wildman–Crippen LogP) is 1.77. The second-order valence-corrected chi connectivity index (χ2v) is 3.54. The summed E-state index contributed by atoms with van der Waals surface area (Å²) < 4.78 is 0. The van der Waals surface area contributed by atoms with Gasteiger partial charge in [-0.15, -0.1) is 6.58 Å². The molecule has 0 spiro atoms. The molecule has 12 heavy (non-hydrogen) atoms. The zero-order valence-electron chi connectivity index (χ0n) is 7.30. The summed E-state index contributed by atoms with van der Waals surface area (Å²) in [6.45, 7) is 6.11. The van der Waals surface area contributed by atoms with Gasteiger partial charge in [0.2, 0.25) is 0 Å². The Labute approximate surface area is 77.5 Å². The second-order valence-electron chi connectivity index (χ2n) is 2.98. The van der Waals surface area contributed by atoms with Gasteiger partial charge in [-0.25, -0.2) is 0 Å². The van der Waals surface area contributed by atoms with Crippen LogP contribution in [0, 0.1) is 5.92 Å². The molecule has 1 atom stereocenters. The summed E-state index contributed by atoms with van der Waals surface area (Å²) >= 11 is 5.80. The van der Waals surface area contributed by atoms with Crippen LogP contribution < -0.4 is 0 Å². The minimum Gasteiger partial charge on any atom is -0.341 e. The van der Waals surface area contributed by atoms with Gasteiger partial charge in [-0.2, -0.15) is 0 Å². The monoisotopic (exact) mass is 185 g/mol. The third-order valence-electron chi connectivity index (χ3n) is 2.07. The number of nitrogens with zero attached hydrogens (tertiary/aromatic N) is 1. The number of likely N-dealkylation sites (N-methyl/N-ethyl adjacent to an activating group) is 1. The Morgan fingerprint density at radius 3 is 2.75 bits per heavy atom. The maximum Gasteiger partial charge on any atom is 0.251 e. The van der Waals surface area contributed by atoms with Gasteiger partial charge in [0, 0.05) is 30.1 Å². The van der Waals surface area contributed by atoms with Crippen LogP contribution in [0.5, 0.6) is 0 Å². The molecule has 0 aromatic heterocycles. The highest BCUT2D eigenvalue weighted by atomic mass is 35.5. The molecule has 66 valence electrons. The lowest BCUT2D eigenvalue weighted by molar-refractivity contribution is -0.123. The van der Waals surface area contributed by atoms with Crippen LogP contribution in [-0.4, -0.2) is 24.4 Å². The number of hydrogen-bond acceptors (Lipinski definition) is 1. The number of allylic oxidation sites excluding steroid dienone is 1. The van der Waals surface area contributed by atoms with Gasteiger partial charge in [0.15, 0.2) is 0 Å². The Morgan fingerprint density at radius 2 is 2.42 bits per heavy atom. The molecule has 3 heteroatoms. The Balaban J connectivity index is 3.05. The molecule has 1 heterocycles. The van der Waals surface area contributed by atoms with E-state index >= 15 is 0 Å². The Kier molecular flexibility index (Phi) is 2.58. The average molecular weight is 186 g/mol. The van der Waals surface area contributed by atoms with Crippen LogP contribution in [0.1, 0.15) is 6.92 Å². The zero-order valence-corrected chi connectivity index (χ0v) is 8.06. The first-order chi connectivity index (χ1) is 5.57. The van der Waals surface area contributed by atoms with Crippen molar-refractivity contribution in [1.29, 1.82) is 0 Å². The summed E-state index contributed by atoms with van der Waals surface area (Å²) in [4.78, 5) is 13.1. The van der Waals surface area contributed by atoms with E-state index < -0.39 is 0 Å². The SMILES string of the molecule is C=C[C@H]1CN(C)C(=O)/C1=C(\C)Cl. The molecule has 1 saturated heterocycles. The molecule has 1 amide bonds. The van der Waals surface area contributed by atoms with Crippen molar-refractivity contribution in [3.05, 3.63) is 23.3 Å². The predicted molar refractivity (Wildman–Crippen MR) is 49.9 cm³/mol. The average Bonchev–Trinajstić information content (AvgIpc) is 2.28. The van der Waals surface area contributed by atoms with Gasteiger partial charge >= 0.3 is 0 Å². The van der Waals surface area contributed by atoms with Crippen molar-refractivity contribution in [3.8, 4) is 0 Å². The van der Waals surface area contributed by atoms with Crippen molar-refractivity contribution in [2.45, 2.75) is 6.92 Å². The Bertz CT molecular complexity index is 253. The van der Waals surface area contributed by atoms with Crippen LogP contribution in [0.2, 0.25) is 0 Å². The smallest absolute Gasteiger partial charge is 0.251 e. The van der Waals surface area contributed by atoms with E-state index in [1.165, 1.54) is 0 Å². The van der Waals surface area contributed by atoms with Gasteiger partial charge in [-0.05, 0) is 6.92 Å². The molecule has 0 unspecified atom stereocenters. The van der Waals surface area contributed by atoms with Gasteiger partial charge in [-0.3, -0.25) is 4.79 Å². The van der Waals surface area contributed by atoms with Crippen molar-refractivity contribution < 1.29 is 4.79 Å².